The van der Waals surface area contributed by atoms with Crippen molar-refractivity contribution in [2.75, 3.05) is 23.8 Å². The highest BCUT2D eigenvalue weighted by Crippen LogP contribution is 2.29. The van der Waals surface area contributed by atoms with Gasteiger partial charge in [-0.25, -0.2) is 9.97 Å². The van der Waals surface area contributed by atoms with Crippen molar-refractivity contribution < 1.29 is 10.0 Å². The average Bonchev–Trinajstić information content (AvgIpc) is 2.29. The van der Waals surface area contributed by atoms with E-state index in [4.69, 9.17) is 5.11 Å². The van der Waals surface area contributed by atoms with Crippen LogP contribution in [0.5, 0.6) is 0 Å². The molecule has 0 spiro atoms. The lowest BCUT2D eigenvalue weighted by Gasteiger charge is -2.14. The van der Waals surface area contributed by atoms with Crippen molar-refractivity contribution in [3.05, 3.63) is 16.4 Å². The zero-order valence-corrected chi connectivity index (χ0v) is 10.4. The van der Waals surface area contributed by atoms with Crippen LogP contribution < -0.4 is 10.6 Å². The summed E-state index contributed by atoms with van der Waals surface area (Å²) in [4.78, 5) is 18.3. The van der Waals surface area contributed by atoms with Crippen molar-refractivity contribution in [2.45, 2.75) is 26.3 Å². The fourth-order valence-electron chi connectivity index (χ4n) is 1.45. The van der Waals surface area contributed by atoms with Crippen LogP contribution in [0.15, 0.2) is 6.33 Å². The molecule has 0 fully saturated rings. The lowest BCUT2D eigenvalue weighted by atomic mass is 10.2. The second kappa shape index (κ2) is 6.70. The Morgan fingerprint density at radius 2 is 2.17 bits per heavy atom. The number of anilines is 2. The van der Waals surface area contributed by atoms with Gasteiger partial charge in [-0.05, 0) is 20.3 Å². The van der Waals surface area contributed by atoms with Crippen LogP contribution in [0.25, 0.3) is 0 Å². The van der Waals surface area contributed by atoms with Crippen molar-refractivity contribution in [1.82, 2.24) is 9.97 Å². The highest BCUT2D eigenvalue weighted by Gasteiger charge is 2.23. The Morgan fingerprint density at radius 3 is 2.72 bits per heavy atom. The number of aliphatic hydroxyl groups is 1. The summed E-state index contributed by atoms with van der Waals surface area (Å²) in [5.41, 5.74) is -0.177. The van der Waals surface area contributed by atoms with Gasteiger partial charge in [0.25, 0.3) is 0 Å². The van der Waals surface area contributed by atoms with Crippen LogP contribution in [-0.2, 0) is 0 Å². The van der Waals surface area contributed by atoms with E-state index < -0.39 is 4.92 Å². The summed E-state index contributed by atoms with van der Waals surface area (Å²) in [5.74, 6) is 0.350. The SMILES string of the molecule is CCNc1ncnc(NC(C)CCO)c1[N+](=O)[O-]. The van der Waals surface area contributed by atoms with Gasteiger partial charge in [-0.2, -0.15) is 0 Å². The van der Waals surface area contributed by atoms with Crippen molar-refractivity contribution in [3.63, 3.8) is 0 Å². The molecular formula is C10H17N5O3. The summed E-state index contributed by atoms with van der Waals surface area (Å²) in [6.45, 7) is 4.18. The van der Waals surface area contributed by atoms with E-state index in [1.807, 2.05) is 13.8 Å². The highest BCUT2D eigenvalue weighted by atomic mass is 16.6. The van der Waals surface area contributed by atoms with Gasteiger partial charge in [0.05, 0.1) is 4.92 Å². The van der Waals surface area contributed by atoms with E-state index in [2.05, 4.69) is 20.6 Å². The van der Waals surface area contributed by atoms with Crippen molar-refractivity contribution in [3.8, 4) is 0 Å². The molecule has 8 nitrogen and oxygen atoms in total. The Kier molecular flexibility index (Phi) is 5.25. The number of nitro groups is 1. The summed E-state index contributed by atoms with van der Waals surface area (Å²) >= 11 is 0. The lowest BCUT2D eigenvalue weighted by Crippen LogP contribution is -2.19. The molecule has 0 saturated heterocycles. The Balaban J connectivity index is 3.02. The Morgan fingerprint density at radius 1 is 1.50 bits per heavy atom. The van der Waals surface area contributed by atoms with E-state index in [1.54, 1.807) is 0 Å². The van der Waals surface area contributed by atoms with Crippen molar-refractivity contribution in [2.24, 2.45) is 0 Å². The van der Waals surface area contributed by atoms with E-state index in [-0.39, 0.29) is 30.0 Å². The molecule has 1 atom stereocenters. The monoisotopic (exact) mass is 255 g/mol. The maximum Gasteiger partial charge on any atom is 0.353 e. The second-order valence-corrected chi connectivity index (χ2v) is 3.76. The van der Waals surface area contributed by atoms with Crippen LogP contribution in [0.2, 0.25) is 0 Å². The molecule has 0 aliphatic heterocycles. The molecular weight excluding hydrogens is 238 g/mol. The van der Waals surface area contributed by atoms with Crippen LogP contribution in [0.4, 0.5) is 17.3 Å². The zero-order chi connectivity index (χ0) is 13.5. The van der Waals surface area contributed by atoms with Gasteiger partial charge in [0, 0.05) is 19.2 Å². The first-order chi connectivity index (χ1) is 8.60. The third-order valence-electron chi connectivity index (χ3n) is 2.29. The molecule has 0 saturated carbocycles. The predicted octanol–water partition coefficient (Wildman–Crippen LogP) is 0.999. The number of nitrogens with zero attached hydrogens (tertiary/aromatic N) is 3. The van der Waals surface area contributed by atoms with Gasteiger partial charge >= 0.3 is 5.69 Å². The van der Waals surface area contributed by atoms with Crippen LogP contribution >= 0.6 is 0 Å². The topological polar surface area (TPSA) is 113 Å². The normalized spacial score (nSPS) is 11.9. The molecule has 0 aromatic carbocycles. The first kappa shape index (κ1) is 14.1. The lowest BCUT2D eigenvalue weighted by molar-refractivity contribution is -0.383. The molecule has 0 aliphatic rings. The third-order valence-corrected chi connectivity index (χ3v) is 2.29. The molecule has 0 bridgehead atoms. The van der Waals surface area contributed by atoms with Gasteiger partial charge in [0.2, 0.25) is 11.6 Å². The first-order valence-electron chi connectivity index (χ1n) is 5.70. The number of hydrogen-bond acceptors (Lipinski definition) is 7. The van der Waals surface area contributed by atoms with Crippen LogP contribution in [0.1, 0.15) is 20.3 Å². The van der Waals surface area contributed by atoms with Crippen LogP contribution in [-0.4, -0.2) is 39.2 Å². The maximum absolute atomic E-state index is 11.1. The van der Waals surface area contributed by atoms with E-state index in [9.17, 15) is 10.1 Å². The molecule has 1 rings (SSSR count). The average molecular weight is 255 g/mol. The summed E-state index contributed by atoms with van der Waals surface area (Å²) in [7, 11) is 0. The zero-order valence-electron chi connectivity index (χ0n) is 10.4. The Hall–Kier alpha value is -1.96. The Bertz CT molecular complexity index is 412. The summed E-state index contributed by atoms with van der Waals surface area (Å²) in [5, 5.41) is 25.6. The van der Waals surface area contributed by atoms with Gasteiger partial charge in [0.1, 0.15) is 6.33 Å². The van der Waals surface area contributed by atoms with Gasteiger partial charge in [0.15, 0.2) is 0 Å². The molecule has 0 radical (unpaired) electrons. The smallest absolute Gasteiger partial charge is 0.353 e. The van der Waals surface area contributed by atoms with Gasteiger partial charge < -0.3 is 15.7 Å². The molecule has 3 N–H and O–H groups in total. The summed E-state index contributed by atoms with van der Waals surface area (Å²) in [6.07, 6.45) is 1.75. The van der Waals surface area contributed by atoms with Gasteiger partial charge in [-0.15, -0.1) is 0 Å². The second-order valence-electron chi connectivity index (χ2n) is 3.76. The minimum Gasteiger partial charge on any atom is -0.396 e. The van der Waals surface area contributed by atoms with Crippen molar-refractivity contribution >= 4 is 17.3 Å². The van der Waals surface area contributed by atoms with E-state index >= 15 is 0 Å². The van der Waals surface area contributed by atoms with E-state index in [0.717, 1.165) is 0 Å². The van der Waals surface area contributed by atoms with E-state index in [1.165, 1.54) is 6.33 Å². The number of hydrogen-bond donors (Lipinski definition) is 3. The number of aromatic nitrogens is 2. The van der Waals surface area contributed by atoms with Gasteiger partial charge in [-0.3, -0.25) is 10.1 Å². The van der Waals surface area contributed by atoms with Crippen LogP contribution in [0, 0.1) is 10.1 Å². The van der Waals surface area contributed by atoms with Crippen LogP contribution in [0.3, 0.4) is 0 Å². The predicted molar refractivity (Wildman–Crippen MR) is 67.6 cm³/mol. The number of aliphatic hydroxyl groups excluding tert-OH is 1. The molecule has 18 heavy (non-hydrogen) atoms. The van der Waals surface area contributed by atoms with Crippen molar-refractivity contribution in [1.29, 1.82) is 0 Å². The first-order valence-corrected chi connectivity index (χ1v) is 5.70. The molecule has 1 aromatic rings. The molecule has 8 heteroatoms. The summed E-state index contributed by atoms with van der Waals surface area (Å²) in [6, 6.07) is -0.113. The molecule has 1 aromatic heterocycles. The molecule has 1 unspecified atom stereocenters. The number of nitrogens with one attached hydrogen (secondary N) is 2. The van der Waals surface area contributed by atoms with E-state index in [0.29, 0.717) is 13.0 Å². The molecule has 100 valence electrons. The third kappa shape index (κ3) is 3.52. The minimum atomic E-state index is -0.522. The molecule has 0 amide bonds. The van der Waals surface area contributed by atoms with Gasteiger partial charge in [-0.1, -0.05) is 0 Å². The standard InChI is InChI=1S/C10H17N5O3/c1-3-11-9-8(15(17)18)10(13-6-12-9)14-7(2)4-5-16/h6-7,16H,3-5H2,1-2H3,(H2,11,12,13,14). The molecule has 1 heterocycles. The molecule has 0 aliphatic carbocycles. The fourth-order valence-corrected chi connectivity index (χ4v) is 1.45. The highest BCUT2D eigenvalue weighted by molar-refractivity contribution is 5.69. The minimum absolute atomic E-state index is 0.00706. The fraction of sp³-hybridized carbons (Fsp3) is 0.600. The maximum atomic E-state index is 11.1. The summed E-state index contributed by atoms with van der Waals surface area (Å²) < 4.78 is 0. The number of rotatable bonds is 7. The Labute approximate surface area is 105 Å². The largest absolute Gasteiger partial charge is 0.396 e. The quantitative estimate of drug-likeness (QED) is 0.492.